The van der Waals surface area contributed by atoms with Gasteiger partial charge in [-0.05, 0) is 49.1 Å². The zero-order valence-corrected chi connectivity index (χ0v) is 14.3. The predicted octanol–water partition coefficient (Wildman–Crippen LogP) is 2.32. The Hall–Kier alpha value is -2.37. The first-order chi connectivity index (χ1) is 12.1. The van der Waals surface area contributed by atoms with Crippen molar-refractivity contribution in [3.05, 3.63) is 29.8 Å². The highest BCUT2D eigenvalue weighted by molar-refractivity contribution is 6.06. The molecule has 2 amide bonds. The van der Waals surface area contributed by atoms with Gasteiger partial charge in [0.25, 0.3) is 11.8 Å². The van der Waals surface area contributed by atoms with Crippen LogP contribution in [0, 0.1) is 17.8 Å². The molecule has 2 bridgehead atoms. The summed E-state index contributed by atoms with van der Waals surface area (Å²) in [7, 11) is 1.45. The van der Waals surface area contributed by atoms with Gasteiger partial charge in [-0.3, -0.25) is 19.7 Å². The lowest BCUT2D eigenvalue weighted by Crippen LogP contribution is -2.34. The molecule has 2 saturated carbocycles. The third-order valence-electron chi connectivity index (χ3n) is 5.28. The van der Waals surface area contributed by atoms with Crippen molar-refractivity contribution in [2.75, 3.05) is 13.7 Å². The standard InChI is InChI=1S/C19H23NO5/c1-24-16-5-3-2-4-15(16)19(23)20-17(21)11-25-18(22)10-14-9-12-6-7-13(14)8-12/h2-5,12-14H,6-11H2,1H3,(H,20,21,23)/t12-,13-,14-/m1/s1. The lowest BCUT2D eigenvalue weighted by molar-refractivity contribution is -0.149. The summed E-state index contributed by atoms with van der Waals surface area (Å²) in [5, 5.41) is 2.21. The van der Waals surface area contributed by atoms with E-state index in [9.17, 15) is 14.4 Å². The summed E-state index contributed by atoms with van der Waals surface area (Å²) in [4.78, 5) is 35.9. The third-order valence-corrected chi connectivity index (χ3v) is 5.28. The average Bonchev–Trinajstić information content (AvgIpc) is 3.22. The Labute approximate surface area is 146 Å². The molecule has 1 aromatic rings. The number of carbonyl (C=O) groups excluding carboxylic acids is 3. The molecular weight excluding hydrogens is 322 g/mol. The van der Waals surface area contributed by atoms with Crippen molar-refractivity contribution in [1.82, 2.24) is 5.32 Å². The van der Waals surface area contributed by atoms with E-state index in [0.717, 1.165) is 12.3 Å². The number of benzene rings is 1. The Morgan fingerprint density at radius 3 is 2.64 bits per heavy atom. The molecule has 0 spiro atoms. The smallest absolute Gasteiger partial charge is 0.306 e. The van der Waals surface area contributed by atoms with Crippen LogP contribution in [-0.4, -0.2) is 31.5 Å². The lowest BCUT2D eigenvalue weighted by atomic mass is 9.86. The number of carbonyl (C=O) groups is 3. The maximum Gasteiger partial charge on any atom is 0.306 e. The van der Waals surface area contributed by atoms with Crippen LogP contribution in [-0.2, 0) is 14.3 Å². The highest BCUT2D eigenvalue weighted by Gasteiger charge is 2.40. The Morgan fingerprint density at radius 1 is 1.16 bits per heavy atom. The molecule has 0 heterocycles. The van der Waals surface area contributed by atoms with Crippen LogP contribution in [0.15, 0.2) is 24.3 Å². The molecule has 0 radical (unpaired) electrons. The Kier molecular flexibility index (Phi) is 5.36. The van der Waals surface area contributed by atoms with Crippen molar-refractivity contribution in [3.8, 4) is 5.75 Å². The summed E-state index contributed by atoms with van der Waals surface area (Å²) in [5.41, 5.74) is 0.256. The highest BCUT2D eigenvalue weighted by atomic mass is 16.5. The van der Waals surface area contributed by atoms with Gasteiger partial charge >= 0.3 is 5.97 Å². The summed E-state index contributed by atoms with van der Waals surface area (Å²) in [6, 6.07) is 6.60. The fraction of sp³-hybridized carbons (Fsp3) is 0.526. The fourth-order valence-corrected chi connectivity index (χ4v) is 4.11. The number of para-hydroxylation sites is 1. The number of ether oxygens (including phenoxy) is 2. The van der Waals surface area contributed by atoms with Gasteiger partial charge in [-0.15, -0.1) is 0 Å². The van der Waals surface area contributed by atoms with Crippen molar-refractivity contribution in [2.24, 2.45) is 17.8 Å². The van der Waals surface area contributed by atoms with Crippen LogP contribution in [0.2, 0.25) is 0 Å². The van der Waals surface area contributed by atoms with E-state index in [0.29, 0.717) is 24.0 Å². The zero-order valence-electron chi connectivity index (χ0n) is 14.3. The molecule has 2 aliphatic rings. The van der Waals surface area contributed by atoms with Crippen molar-refractivity contribution < 1.29 is 23.9 Å². The molecule has 6 nitrogen and oxygen atoms in total. The maximum atomic E-state index is 12.1. The monoisotopic (exact) mass is 345 g/mol. The van der Waals surface area contributed by atoms with Crippen LogP contribution >= 0.6 is 0 Å². The van der Waals surface area contributed by atoms with E-state index < -0.39 is 18.4 Å². The van der Waals surface area contributed by atoms with Gasteiger partial charge in [-0.1, -0.05) is 18.6 Å². The van der Waals surface area contributed by atoms with Gasteiger partial charge in [0.1, 0.15) is 5.75 Å². The maximum absolute atomic E-state index is 12.1. The van der Waals surface area contributed by atoms with Crippen LogP contribution in [0.5, 0.6) is 5.75 Å². The van der Waals surface area contributed by atoms with Gasteiger partial charge in [0.2, 0.25) is 0 Å². The van der Waals surface area contributed by atoms with E-state index >= 15 is 0 Å². The number of methoxy groups -OCH3 is 1. The quantitative estimate of drug-likeness (QED) is 0.800. The molecule has 6 heteroatoms. The van der Waals surface area contributed by atoms with E-state index in [2.05, 4.69) is 5.32 Å². The summed E-state index contributed by atoms with van der Waals surface area (Å²) in [6.07, 6.45) is 5.18. The van der Waals surface area contributed by atoms with E-state index in [-0.39, 0.29) is 11.5 Å². The first-order valence-corrected chi connectivity index (χ1v) is 8.69. The second-order valence-electron chi connectivity index (χ2n) is 6.88. The Balaban J connectivity index is 1.43. The molecule has 1 aromatic carbocycles. The van der Waals surface area contributed by atoms with Crippen molar-refractivity contribution in [1.29, 1.82) is 0 Å². The van der Waals surface area contributed by atoms with Crippen LogP contribution in [0.25, 0.3) is 0 Å². The largest absolute Gasteiger partial charge is 0.496 e. The molecule has 2 aliphatic carbocycles. The van der Waals surface area contributed by atoms with Gasteiger partial charge in [0.15, 0.2) is 6.61 Å². The van der Waals surface area contributed by atoms with Crippen LogP contribution in [0.1, 0.15) is 42.5 Å². The number of hydrogen-bond acceptors (Lipinski definition) is 5. The van der Waals surface area contributed by atoms with Gasteiger partial charge in [0, 0.05) is 6.42 Å². The molecule has 3 atom stereocenters. The summed E-state index contributed by atoms with van der Waals surface area (Å²) < 4.78 is 10.1. The van der Waals surface area contributed by atoms with Crippen LogP contribution in [0.3, 0.4) is 0 Å². The summed E-state index contributed by atoms with van der Waals surface area (Å²) in [5.74, 6) is 0.593. The number of rotatable bonds is 6. The minimum Gasteiger partial charge on any atom is -0.496 e. The SMILES string of the molecule is COc1ccccc1C(=O)NC(=O)COC(=O)C[C@H]1C[C@@H]2CC[C@@H]1C2. The van der Waals surface area contributed by atoms with Crippen molar-refractivity contribution in [3.63, 3.8) is 0 Å². The van der Waals surface area contributed by atoms with Gasteiger partial charge in [-0.25, -0.2) is 0 Å². The number of nitrogens with one attached hydrogen (secondary N) is 1. The minimum absolute atomic E-state index is 0.256. The summed E-state index contributed by atoms with van der Waals surface area (Å²) in [6.45, 7) is -0.444. The van der Waals surface area contributed by atoms with Crippen molar-refractivity contribution >= 4 is 17.8 Å². The number of hydrogen-bond donors (Lipinski definition) is 1. The van der Waals surface area contributed by atoms with E-state index in [1.165, 1.54) is 26.4 Å². The fourth-order valence-electron chi connectivity index (χ4n) is 4.11. The minimum atomic E-state index is -0.641. The third kappa shape index (κ3) is 4.18. The Bertz CT molecular complexity index is 672. The average molecular weight is 345 g/mol. The Morgan fingerprint density at radius 2 is 1.96 bits per heavy atom. The molecule has 0 saturated heterocycles. The van der Waals surface area contributed by atoms with Gasteiger partial charge in [-0.2, -0.15) is 0 Å². The lowest BCUT2D eigenvalue weighted by Gasteiger charge is -2.20. The zero-order chi connectivity index (χ0) is 17.8. The number of amides is 2. The molecule has 0 unspecified atom stereocenters. The highest BCUT2D eigenvalue weighted by Crippen LogP contribution is 2.49. The van der Waals surface area contributed by atoms with Crippen molar-refractivity contribution in [2.45, 2.75) is 32.1 Å². The normalized spacial score (nSPS) is 24.0. The molecular formula is C19H23NO5. The van der Waals surface area contributed by atoms with Crippen LogP contribution in [0.4, 0.5) is 0 Å². The molecule has 1 N–H and O–H groups in total. The number of esters is 1. The van der Waals surface area contributed by atoms with Gasteiger partial charge in [0.05, 0.1) is 12.7 Å². The molecule has 25 heavy (non-hydrogen) atoms. The van der Waals surface area contributed by atoms with Gasteiger partial charge < -0.3 is 9.47 Å². The van der Waals surface area contributed by atoms with Crippen LogP contribution < -0.4 is 10.1 Å². The molecule has 3 rings (SSSR count). The second kappa shape index (κ2) is 7.68. The molecule has 2 fully saturated rings. The van der Waals surface area contributed by atoms with E-state index in [1.807, 2.05) is 0 Å². The number of fused-ring (bicyclic) bond motifs is 2. The topological polar surface area (TPSA) is 81.7 Å². The number of imide groups is 1. The molecule has 134 valence electrons. The van der Waals surface area contributed by atoms with E-state index in [4.69, 9.17) is 9.47 Å². The second-order valence-corrected chi connectivity index (χ2v) is 6.88. The predicted molar refractivity (Wildman–Crippen MR) is 90.0 cm³/mol. The molecule has 0 aliphatic heterocycles. The first kappa shape index (κ1) is 17.5. The summed E-state index contributed by atoms with van der Waals surface area (Å²) >= 11 is 0. The molecule has 0 aromatic heterocycles. The first-order valence-electron chi connectivity index (χ1n) is 8.69. The van der Waals surface area contributed by atoms with E-state index in [1.54, 1.807) is 24.3 Å².